The number of nitrogens with two attached hydrogens (primary N) is 1. The van der Waals surface area contributed by atoms with Gasteiger partial charge < -0.3 is 10.5 Å². The second-order valence-electron chi connectivity index (χ2n) is 5.13. The van der Waals surface area contributed by atoms with Crippen molar-refractivity contribution in [3.63, 3.8) is 0 Å². The first kappa shape index (κ1) is 14.9. The van der Waals surface area contributed by atoms with Crippen LogP contribution in [0.2, 0.25) is 0 Å². The zero-order valence-corrected chi connectivity index (χ0v) is 12.4. The Hall–Kier alpha value is -1.16. The molecule has 0 bridgehead atoms. The van der Waals surface area contributed by atoms with Crippen LogP contribution in [0.5, 0.6) is 5.75 Å². The number of nitrogens with one attached hydrogen (secondary N) is 1. The van der Waals surface area contributed by atoms with Gasteiger partial charge in [0, 0.05) is 9.64 Å². The van der Waals surface area contributed by atoms with E-state index in [-0.39, 0.29) is 10.6 Å². The van der Waals surface area contributed by atoms with E-state index in [0.717, 1.165) is 11.3 Å². The highest BCUT2D eigenvalue weighted by Crippen LogP contribution is 2.34. The standard InChI is InChI=1S/C14H22N2OS/c1-5-8-17-12-7-6-10(18-14(2,3)4)9-11(12)13(15)16/h6-7,9H,5,8H2,1-4H3,(H3,15,16). The van der Waals surface area contributed by atoms with Crippen LogP contribution in [0.25, 0.3) is 0 Å². The summed E-state index contributed by atoms with van der Waals surface area (Å²) in [6.07, 6.45) is 0.940. The van der Waals surface area contributed by atoms with E-state index in [9.17, 15) is 0 Å². The largest absolute Gasteiger partial charge is 0.493 e. The number of amidine groups is 1. The second kappa shape index (κ2) is 6.14. The molecule has 3 N–H and O–H groups in total. The fourth-order valence-corrected chi connectivity index (χ4v) is 2.49. The fourth-order valence-electron chi connectivity index (χ4n) is 1.47. The quantitative estimate of drug-likeness (QED) is 0.486. The fraction of sp³-hybridized carbons (Fsp3) is 0.500. The predicted molar refractivity (Wildman–Crippen MR) is 78.9 cm³/mol. The van der Waals surface area contributed by atoms with Crippen LogP contribution < -0.4 is 10.5 Å². The highest BCUT2D eigenvalue weighted by molar-refractivity contribution is 8.00. The molecule has 3 nitrogen and oxygen atoms in total. The summed E-state index contributed by atoms with van der Waals surface area (Å²) < 4.78 is 5.74. The first-order valence-corrected chi connectivity index (χ1v) is 6.95. The van der Waals surface area contributed by atoms with E-state index >= 15 is 0 Å². The average Bonchev–Trinajstić information content (AvgIpc) is 2.25. The molecule has 0 saturated carbocycles. The van der Waals surface area contributed by atoms with Gasteiger partial charge in [-0.15, -0.1) is 11.8 Å². The molecule has 0 radical (unpaired) electrons. The lowest BCUT2D eigenvalue weighted by molar-refractivity contribution is 0.316. The molecular weight excluding hydrogens is 244 g/mol. The Bertz CT molecular complexity index is 424. The lowest BCUT2D eigenvalue weighted by atomic mass is 10.2. The van der Waals surface area contributed by atoms with Crippen molar-refractivity contribution in [2.45, 2.75) is 43.8 Å². The summed E-state index contributed by atoms with van der Waals surface area (Å²) in [5.41, 5.74) is 6.29. The van der Waals surface area contributed by atoms with Crippen LogP contribution >= 0.6 is 11.8 Å². The predicted octanol–water partition coefficient (Wildman–Crippen LogP) is 3.65. The molecule has 0 unspecified atom stereocenters. The third-order valence-corrected chi connectivity index (χ3v) is 3.23. The SMILES string of the molecule is CCCOc1ccc(SC(C)(C)C)cc1C(=N)N. The summed E-state index contributed by atoms with van der Waals surface area (Å²) in [7, 11) is 0. The van der Waals surface area contributed by atoms with Gasteiger partial charge >= 0.3 is 0 Å². The molecule has 4 heteroatoms. The van der Waals surface area contributed by atoms with Gasteiger partial charge in [0.25, 0.3) is 0 Å². The van der Waals surface area contributed by atoms with E-state index in [1.54, 1.807) is 11.8 Å². The number of hydrogen-bond donors (Lipinski definition) is 2. The average molecular weight is 266 g/mol. The molecule has 0 amide bonds. The van der Waals surface area contributed by atoms with Crippen molar-refractivity contribution in [1.82, 2.24) is 0 Å². The van der Waals surface area contributed by atoms with E-state index < -0.39 is 0 Å². The summed E-state index contributed by atoms with van der Waals surface area (Å²) in [5, 5.41) is 7.63. The van der Waals surface area contributed by atoms with Crippen LogP contribution in [0.4, 0.5) is 0 Å². The van der Waals surface area contributed by atoms with Crippen molar-refractivity contribution < 1.29 is 4.74 Å². The molecule has 1 rings (SSSR count). The third-order valence-electron chi connectivity index (χ3n) is 2.13. The molecule has 0 aromatic heterocycles. The van der Waals surface area contributed by atoms with Crippen molar-refractivity contribution in [3.8, 4) is 5.75 Å². The Morgan fingerprint density at radius 3 is 2.56 bits per heavy atom. The first-order valence-electron chi connectivity index (χ1n) is 6.13. The van der Waals surface area contributed by atoms with Crippen LogP contribution in [-0.2, 0) is 0 Å². The minimum Gasteiger partial charge on any atom is -0.493 e. The summed E-state index contributed by atoms with van der Waals surface area (Å²) in [5.74, 6) is 0.750. The van der Waals surface area contributed by atoms with Crippen molar-refractivity contribution >= 4 is 17.6 Å². The summed E-state index contributed by atoms with van der Waals surface area (Å²) in [6, 6.07) is 5.86. The minimum atomic E-state index is 0.0532. The van der Waals surface area contributed by atoms with E-state index in [1.165, 1.54) is 0 Å². The van der Waals surface area contributed by atoms with E-state index in [1.807, 2.05) is 18.2 Å². The molecular formula is C14H22N2OS. The highest BCUT2D eigenvalue weighted by Gasteiger charge is 2.14. The lowest BCUT2D eigenvalue weighted by Crippen LogP contribution is -2.14. The molecule has 100 valence electrons. The molecule has 1 aromatic rings. The van der Waals surface area contributed by atoms with Gasteiger partial charge in [0.05, 0.1) is 12.2 Å². The van der Waals surface area contributed by atoms with Gasteiger partial charge in [-0.3, -0.25) is 5.41 Å². The van der Waals surface area contributed by atoms with Crippen LogP contribution in [0.15, 0.2) is 23.1 Å². The zero-order chi connectivity index (χ0) is 13.8. The van der Waals surface area contributed by atoms with Gasteiger partial charge in [-0.05, 0) is 24.6 Å². The Morgan fingerprint density at radius 2 is 2.06 bits per heavy atom. The number of nitrogen functional groups attached to an aromatic ring is 1. The maximum Gasteiger partial charge on any atom is 0.130 e. The first-order chi connectivity index (χ1) is 8.33. The maximum absolute atomic E-state index is 7.63. The molecule has 0 aliphatic carbocycles. The van der Waals surface area contributed by atoms with Crippen molar-refractivity contribution in [3.05, 3.63) is 23.8 Å². The summed E-state index contributed by atoms with van der Waals surface area (Å²) in [6.45, 7) is 9.18. The van der Waals surface area contributed by atoms with Gasteiger partial charge in [0.1, 0.15) is 11.6 Å². The number of hydrogen-bond acceptors (Lipinski definition) is 3. The monoisotopic (exact) mass is 266 g/mol. The van der Waals surface area contributed by atoms with Gasteiger partial charge in [0.2, 0.25) is 0 Å². The number of rotatable bonds is 5. The van der Waals surface area contributed by atoms with E-state index in [2.05, 4.69) is 27.7 Å². The molecule has 0 atom stereocenters. The van der Waals surface area contributed by atoms with Crippen molar-refractivity contribution in [2.24, 2.45) is 5.73 Å². The summed E-state index contributed by atoms with van der Waals surface area (Å²) >= 11 is 1.76. The molecule has 18 heavy (non-hydrogen) atoms. The topological polar surface area (TPSA) is 59.1 Å². The Labute approximate surface area is 114 Å². The molecule has 0 fully saturated rings. The van der Waals surface area contributed by atoms with Crippen LogP contribution in [0, 0.1) is 5.41 Å². The molecule has 1 aromatic carbocycles. The number of ether oxygens (including phenoxy) is 1. The van der Waals surface area contributed by atoms with Crippen molar-refractivity contribution in [1.29, 1.82) is 5.41 Å². The maximum atomic E-state index is 7.63. The Kier molecular flexibility index (Phi) is 5.08. The van der Waals surface area contributed by atoms with Crippen LogP contribution in [0.1, 0.15) is 39.7 Å². The highest BCUT2D eigenvalue weighted by atomic mass is 32.2. The van der Waals surface area contributed by atoms with Crippen LogP contribution in [0.3, 0.4) is 0 Å². The number of benzene rings is 1. The Morgan fingerprint density at radius 1 is 1.39 bits per heavy atom. The minimum absolute atomic E-state index is 0.0532. The molecule has 0 saturated heterocycles. The smallest absolute Gasteiger partial charge is 0.130 e. The number of thioether (sulfide) groups is 1. The third kappa shape index (κ3) is 4.61. The van der Waals surface area contributed by atoms with E-state index in [0.29, 0.717) is 17.9 Å². The molecule has 0 aliphatic rings. The normalized spacial score (nSPS) is 11.3. The van der Waals surface area contributed by atoms with Gasteiger partial charge in [-0.1, -0.05) is 27.7 Å². The lowest BCUT2D eigenvalue weighted by Gasteiger charge is -2.19. The zero-order valence-electron chi connectivity index (χ0n) is 11.5. The van der Waals surface area contributed by atoms with Gasteiger partial charge in [0.15, 0.2) is 0 Å². The van der Waals surface area contributed by atoms with Crippen molar-refractivity contribution in [2.75, 3.05) is 6.61 Å². The molecule has 0 aliphatic heterocycles. The molecule has 0 heterocycles. The summed E-state index contributed by atoms with van der Waals surface area (Å²) in [4.78, 5) is 1.11. The van der Waals surface area contributed by atoms with Gasteiger partial charge in [-0.2, -0.15) is 0 Å². The van der Waals surface area contributed by atoms with Gasteiger partial charge in [-0.25, -0.2) is 0 Å². The van der Waals surface area contributed by atoms with Crippen LogP contribution in [-0.4, -0.2) is 17.2 Å². The molecule has 0 spiro atoms. The Balaban J connectivity index is 2.99. The second-order valence-corrected chi connectivity index (χ2v) is 7.03. The van der Waals surface area contributed by atoms with E-state index in [4.69, 9.17) is 15.9 Å².